The number of benzene rings is 1. The van der Waals surface area contributed by atoms with Gasteiger partial charge >= 0.3 is 5.97 Å². The standard InChI is InChI=1S/C19H20N2O3S2/c1-10(2)24-18(23)12(4)26-19-20-16(22)15-14(11(3)25-17(15)21-19)13-8-6-5-7-9-13/h5-10,12H,1-4H3,(H,20,21,22)/t12-/m0/s1. The van der Waals surface area contributed by atoms with Crippen LogP contribution in [-0.4, -0.2) is 27.3 Å². The van der Waals surface area contributed by atoms with E-state index in [9.17, 15) is 9.59 Å². The molecule has 1 N–H and O–H groups in total. The number of aromatic nitrogens is 2. The zero-order valence-corrected chi connectivity index (χ0v) is 16.7. The number of rotatable bonds is 5. The van der Waals surface area contributed by atoms with E-state index in [1.54, 1.807) is 20.8 Å². The second-order valence-corrected chi connectivity index (χ2v) is 8.73. The molecule has 26 heavy (non-hydrogen) atoms. The summed E-state index contributed by atoms with van der Waals surface area (Å²) in [4.78, 5) is 33.8. The molecule has 0 amide bonds. The molecule has 2 heterocycles. The number of hydrogen-bond acceptors (Lipinski definition) is 6. The summed E-state index contributed by atoms with van der Waals surface area (Å²) >= 11 is 2.69. The van der Waals surface area contributed by atoms with Gasteiger partial charge in [-0.3, -0.25) is 9.59 Å². The third kappa shape index (κ3) is 3.83. The third-order valence-electron chi connectivity index (χ3n) is 3.75. The number of nitrogens with zero attached hydrogens (tertiary/aromatic N) is 1. The maximum Gasteiger partial charge on any atom is 0.319 e. The molecule has 5 nitrogen and oxygen atoms in total. The highest BCUT2D eigenvalue weighted by Gasteiger charge is 2.21. The van der Waals surface area contributed by atoms with Crippen molar-refractivity contribution in [1.82, 2.24) is 9.97 Å². The van der Waals surface area contributed by atoms with Crippen molar-refractivity contribution in [3.63, 3.8) is 0 Å². The van der Waals surface area contributed by atoms with E-state index in [1.807, 2.05) is 37.3 Å². The SMILES string of the molecule is Cc1sc2nc(S[C@@H](C)C(=O)OC(C)C)[nH]c(=O)c2c1-c1ccccc1. The van der Waals surface area contributed by atoms with Crippen LogP contribution in [0.4, 0.5) is 0 Å². The molecular weight excluding hydrogens is 368 g/mol. The number of thiophene rings is 1. The van der Waals surface area contributed by atoms with Crippen LogP contribution in [-0.2, 0) is 9.53 Å². The van der Waals surface area contributed by atoms with Gasteiger partial charge in [-0.2, -0.15) is 0 Å². The molecule has 2 aromatic heterocycles. The molecule has 1 atom stereocenters. The highest BCUT2D eigenvalue weighted by atomic mass is 32.2. The lowest BCUT2D eigenvalue weighted by Gasteiger charge is -2.12. The molecule has 0 aliphatic carbocycles. The Morgan fingerprint density at radius 2 is 1.92 bits per heavy atom. The number of aromatic amines is 1. The first-order valence-electron chi connectivity index (χ1n) is 8.32. The van der Waals surface area contributed by atoms with Gasteiger partial charge in [0.15, 0.2) is 5.16 Å². The number of carbonyl (C=O) groups is 1. The number of thioether (sulfide) groups is 1. The summed E-state index contributed by atoms with van der Waals surface area (Å²) in [5.74, 6) is -0.319. The zero-order valence-electron chi connectivity index (χ0n) is 15.0. The minimum Gasteiger partial charge on any atom is -0.462 e. The van der Waals surface area contributed by atoms with E-state index in [1.165, 1.54) is 23.1 Å². The van der Waals surface area contributed by atoms with Crippen molar-refractivity contribution in [3.8, 4) is 11.1 Å². The molecule has 0 spiro atoms. The van der Waals surface area contributed by atoms with Gasteiger partial charge in [0.2, 0.25) is 0 Å². The minimum atomic E-state index is -0.451. The van der Waals surface area contributed by atoms with Crippen molar-refractivity contribution in [1.29, 1.82) is 0 Å². The van der Waals surface area contributed by atoms with E-state index in [2.05, 4.69) is 9.97 Å². The number of hydrogen-bond donors (Lipinski definition) is 1. The van der Waals surface area contributed by atoms with Crippen molar-refractivity contribution >= 4 is 39.3 Å². The Bertz CT molecular complexity index is 993. The molecule has 0 unspecified atom stereocenters. The maximum atomic E-state index is 12.7. The lowest BCUT2D eigenvalue weighted by atomic mass is 10.0. The largest absolute Gasteiger partial charge is 0.462 e. The number of carbonyl (C=O) groups excluding carboxylic acids is 1. The van der Waals surface area contributed by atoms with E-state index < -0.39 is 5.25 Å². The Hall–Kier alpha value is -2.12. The summed E-state index contributed by atoms with van der Waals surface area (Å²) in [5.41, 5.74) is 1.73. The Morgan fingerprint density at radius 1 is 1.23 bits per heavy atom. The van der Waals surface area contributed by atoms with Gasteiger partial charge in [-0.05, 0) is 33.3 Å². The molecule has 0 saturated carbocycles. The molecule has 136 valence electrons. The van der Waals surface area contributed by atoms with Crippen molar-refractivity contribution < 1.29 is 9.53 Å². The number of esters is 1. The highest BCUT2D eigenvalue weighted by Crippen LogP contribution is 2.36. The van der Waals surface area contributed by atoms with Crippen LogP contribution in [0.1, 0.15) is 25.6 Å². The molecule has 0 aliphatic rings. The molecule has 0 bridgehead atoms. The topological polar surface area (TPSA) is 72.0 Å². The van der Waals surface area contributed by atoms with E-state index in [-0.39, 0.29) is 17.6 Å². The monoisotopic (exact) mass is 388 g/mol. The van der Waals surface area contributed by atoms with Crippen molar-refractivity contribution in [2.45, 2.75) is 44.2 Å². The van der Waals surface area contributed by atoms with E-state index in [0.717, 1.165) is 16.0 Å². The van der Waals surface area contributed by atoms with E-state index in [0.29, 0.717) is 15.4 Å². The van der Waals surface area contributed by atoms with Gasteiger partial charge in [0.1, 0.15) is 10.1 Å². The first-order valence-corrected chi connectivity index (χ1v) is 10.0. The van der Waals surface area contributed by atoms with Crippen molar-refractivity contribution in [2.24, 2.45) is 0 Å². The van der Waals surface area contributed by atoms with Crippen LogP contribution >= 0.6 is 23.1 Å². The summed E-state index contributed by atoms with van der Waals surface area (Å²) in [6.07, 6.45) is -0.173. The second-order valence-electron chi connectivity index (χ2n) is 6.20. The van der Waals surface area contributed by atoms with E-state index >= 15 is 0 Å². The number of aryl methyl sites for hydroxylation is 1. The van der Waals surface area contributed by atoms with Crippen LogP contribution in [0.2, 0.25) is 0 Å². The molecule has 0 saturated heterocycles. The average molecular weight is 389 g/mol. The summed E-state index contributed by atoms with van der Waals surface area (Å²) < 4.78 is 5.21. The van der Waals surface area contributed by atoms with Crippen molar-refractivity contribution in [2.75, 3.05) is 0 Å². The Morgan fingerprint density at radius 3 is 2.58 bits per heavy atom. The quantitative estimate of drug-likeness (QED) is 0.399. The summed E-state index contributed by atoms with van der Waals surface area (Å²) in [6, 6.07) is 9.82. The van der Waals surface area contributed by atoms with Crippen LogP contribution in [0.3, 0.4) is 0 Å². The molecule has 3 rings (SSSR count). The lowest BCUT2D eigenvalue weighted by molar-refractivity contribution is -0.146. The molecule has 1 aromatic carbocycles. The number of H-pyrrole nitrogens is 1. The predicted octanol–water partition coefficient (Wildman–Crippen LogP) is 4.39. The molecule has 0 aliphatic heterocycles. The number of nitrogens with one attached hydrogen (secondary N) is 1. The molecule has 7 heteroatoms. The summed E-state index contributed by atoms with van der Waals surface area (Å²) in [5, 5.41) is 0.574. The number of ether oxygens (including phenoxy) is 1. The number of fused-ring (bicyclic) bond motifs is 1. The van der Waals surface area contributed by atoms with E-state index in [4.69, 9.17) is 4.74 Å². The molecule has 3 aromatic rings. The van der Waals surface area contributed by atoms with Crippen LogP contribution in [0.15, 0.2) is 40.3 Å². The minimum absolute atomic E-state index is 0.173. The first-order chi connectivity index (χ1) is 12.4. The fraction of sp³-hybridized carbons (Fsp3) is 0.316. The van der Waals surface area contributed by atoms with Gasteiger partial charge in [-0.15, -0.1) is 11.3 Å². The predicted molar refractivity (Wildman–Crippen MR) is 107 cm³/mol. The Labute approximate surface area is 159 Å². The van der Waals surface area contributed by atoms with Gasteiger partial charge in [0, 0.05) is 10.4 Å². The highest BCUT2D eigenvalue weighted by molar-refractivity contribution is 8.00. The Balaban J connectivity index is 1.98. The average Bonchev–Trinajstić information content (AvgIpc) is 2.91. The Kier molecular flexibility index (Phi) is 5.48. The fourth-order valence-corrected chi connectivity index (χ4v) is 4.54. The molecule has 0 radical (unpaired) electrons. The smallest absolute Gasteiger partial charge is 0.319 e. The zero-order chi connectivity index (χ0) is 18.8. The summed E-state index contributed by atoms with van der Waals surface area (Å²) in [7, 11) is 0. The molecule has 0 fully saturated rings. The third-order valence-corrected chi connectivity index (χ3v) is 5.71. The molecular formula is C19H20N2O3S2. The van der Waals surface area contributed by atoms with Gasteiger partial charge in [-0.1, -0.05) is 42.1 Å². The lowest BCUT2D eigenvalue weighted by Crippen LogP contribution is -2.21. The fourth-order valence-electron chi connectivity index (χ4n) is 2.65. The van der Waals surface area contributed by atoms with Crippen molar-refractivity contribution in [3.05, 3.63) is 45.6 Å². The summed E-state index contributed by atoms with van der Waals surface area (Å²) in [6.45, 7) is 7.35. The van der Waals surface area contributed by atoms with Gasteiger partial charge in [-0.25, -0.2) is 4.98 Å². The van der Waals surface area contributed by atoms with Crippen LogP contribution in [0.25, 0.3) is 21.3 Å². The first kappa shape index (κ1) is 18.7. The van der Waals surface area contributed by atoms with Gasteiger partial charge < -0.3 is 9.72 Å². The normalized spacial score (nSPS) is 12.5. The van der Waals surface area contributed by atoms with Gasteiger partial charge in [0.05, 0.1) is 11.5 Å². The van der Waals surface area contributed by atoms with Crippen LogP contribution in [0, 0.1) is 6.92 Å². The maximum absolute atomic E-state index is 12.7. The second kappa shape index (κ2) is 7.63. The van der Waals surface area contributed by atoms with Gasteiger partial charge in [0.25, 0.3) is 5.56 Å². The van der Waals surface area contributed by atoms with Crippen LogP contribution in [0.5, 0.6) is 0 Å². The van der Waals surface area contributed by atoms with Crippen LogP contribution < -0.4 is 5.56 Å².